The third-order valence-corrected chi connectivity index (χ3v) is 2.21. The van der Waals surface area contributed by atoms with Crippen molar-refractivity contribution < 1.29 is 14.5 Å². The monoisotopic (exact) mass is 258 g/mol. The second kappa shape index (κ2) is 5.49. The minimum absolute atomic E-state index is 0.136. The van der Waals surface area contributed by atoms with E-state index in [0.29, 0.717) is 5.75 Å². The number of carbonyl (C=O) groups excluding carboxylic acids is 1. The lowest BCUT2D eigenvalue weighted by molar-refractivity contribution is -0.384. The van der Waals surface area contributed by atoms with Crippen LogP contribution in [0, 0.1) is 10.1 Å². The fourth-order valence-electron chi connectivity index (χ4n) is 1.14. The third-order valence-electron chi connectivity index (χ3n) is 2.01. The predicted octanol–water partition coefficient (Wildman–Crippen LogP) is 2.17. The summed E-state index contributed by atoms with van der Waals surface area (Å²) in [7, 11) is 1.40. The second-order valence-electron chi connectivity index (χ2n) is 3.25. The van der Waals surface area contributed by atoms with Crippen LogP contribution in [0.3, 0.4) is 0 Å². The van der Waals surface area contributed by atoms with Crippen LogP contribution in [0.25, 0.3) is 0 Å². The van der Waals surface area contributed by atoms with E-state index in [2.05, 4.69) is 5.32 Å². The van der Waals surface area contributed by atoms with Crippen LogP contribution in [0.1, 0.15) is 6.92 Å². The Morgan fingerprint density at radius 2 is 2.24 bits per heavy atom. The van der Waals surface area contributed by atoms with Gasteiger partial charge in [-0.15, -0.1) is 11.6 Å². The van der Waals surface area contributed by atoms with Gasteiger partial charge in [-0.2, -0.15) is 0 Å². The fourth-order valence-corrected chi connectivity index (χ4v) is 1.19. The van der Waals surface area contributed by atoms with Crippen LogP contribution in [0.15, 0.2) is 18.2 Å². The van der Waals surface area contributed by atoms with E-state index in [0.717, 1.165) is 0 Å². The Morgan fingerprint density at radius 3 is 2.71 bits per heavy atom. The third kappa shape index (κ3) is 3.32. The summed E-state index contributed by atoms with van der Waals surface area (Å²) in [5, 5.41) is 12.3. The maximum atomic E-state index is 11.4. The lowest BCUT2D eigenvalue weighted by Gasteiger charge is -2.10. The Bertz CT molecular complexity index is 448. The smallest absolute Gasteiger partial charge is 0.271 e. The standard InChI is InChI=1S/C10H11ClN2O4/c1-6(11)10(14)12-8-5-7(13(15)16)3-4-9(8)17-2/h3-6H,1-2H3,(H,12,14)/t6-/m0/s1. The highest BCUT2D eigenvalue weighted by atomic mass is 35.5. The first-order chi connectivity index (χ1) is 7.95. The predicted molar refractivity (Wildman–Crippen MR) is 63.6 cm³/mol. The van der Waals surface area contributed by atoms with Crippen LogP contribution in [-0.4, -0.2) is 23.3 Å². The molecule has 1 rings (SSSR count). The number of nitrogens with zero attached hydrogens (tertiary/aromatic N) is 1. The Balaban J connectivity index is 3.06. The van der Waals surface area contributed by atoms with Gasteiger partial charge in [-0.1, -0.05) is 0 Å². The summed E-state index contributed by atoms with van der Waals surface area (Å²) in [6.07, 6.45) is 0. The molecule has 7 heteroatoms. The van der Waals surface area contributed by atoms with E-state index >= 15 is 0 Å². The number of hydrogen-bond acceptors (Lipinski definition) is 4. The number of carbonyl (C=O) groups is 1. The maximum absolute atomic E-state index is 11.4. The summed E-state index contributed by atoms with van der Waals surface area (Å²) in [5.41, 5.74) is 0.0857. The topological polar surface area (TPSA) is 81.5 Å². The zero-order chi connectivity index (χ0) is 13.0. The van der Waals surface area contributed by atoms with Crippen LogP contribution < -0.4 is 10.1 Å². The normalized spacial score (nSPS) is 11.7. The summed E-state index contributed by atoms with van der Waals surface area (Å²) >= 11 is 5.59. The number of halogens is 1. The number of non-ortho nitro benzene ring substituents is 1. The number of nitro benzene ring substituents is 1. The molecule has 17 heavy (non-hydrogen) atoms. The zero-order valence-electron chi connectivity index (χ0n) is 9.27. The van der Waals surface area contributed by atoms with Gasteiger partial charge in [-0.3, -0.25) is 14.9 Å². The van der Waals surface area contributed by atoms with Gasteiger partial charge < -0.3 is 10.1 Å². The average Bonchev–Trinajstić information content (AvgIpc) is 2.28. The van der Waals surface area contributed by atoms with Crippen molar-refractivity contribution in [1.82, 2.24) is 0 Å². The van der Waals surface area contributed by atoms with Crippen LogP contribution in [0.4, 0.5) is 11.4 Å². The van der Waals surface area contributed by atoms with Gasteiger partial charge in [0.2, 0.25) is 5.91 Å². The van der Waals surface area contributed by atoms with E-state index < -0.39 is 16.2 Å². The summed E-state index contributed by atoms with van der Waals surface area (Å²) < 4.78 is 4.98. The number of amides is 1. The molecule has 0 heterocycles. The van der Waals surface area contributed by atoms with Crippen molar-refractivity contribution in [3.05, 3.63) is 28.3 Å². The van der Waals surface area contributed by atoms with Crippen LogP contribution >= 0.6 is 11.6 Å². The number of anilines is 1. The number of benzene rings is 1. The summed E-state index contributed by atoms with van der Waals surface area (Å²) in [6, 6.07) is 3.92. The molecule has 6 nitrogen and oxygen atoms in total. The number of methoxy groups -OCH3 is 1. The molecule has 0 aliphatic carbocycles. The molecule has 92 valence electrons. The minimum atomic E-state index is -0.737. The van der Waals surface area contributed by atoms with Gasteiger partial charge in [0.1, 0.15) is 11.1 Å². The highest BCUT2D eigenvalue weighted by Crippen LogP contribution is 2.29. The molecule has 0 spiro atoms. The molecule has 0 radical (unpaired) electrons. The summed E-state index contributed by atoms with van der Waals surface area (Å²) in [4.78, 5) is 21.4. The van der Waals surface area contributed by atoms with Crippen molar-refractivity contribution in [3.63, 3.8) is 0 Å². The minimum Gasteiger partial charge on any atom is -0.495 e. The molecular weight excluding hydrogens is 248 g/mol. The van der Waals surface area contributed by atoms with Crippen molar-refractivity contribution in [2.45, 2.75) is 12.3 Å². The molecular formula is C10H11ClN2O4. The fraction of sp³-hybridized carbons (Fsp3) is 0.300. The largest absolute Gasteiger partial charge is 0.495 e. The number of rotatable bonds is 4. The number of nitro groups is 1. The van der Waals surface area contributed by atoms with Gasteiger partial charge in [0.05, 0.1) is 17.7 Å². The quantitative estimate of drug-likeness (QED) is 0.510. The molecule has 0 aliphatic rings. The first kappa shape index (κ1) is 13.2. The van der Waals surface area contributed by atoms with Crippen molar-refractivity contribution >= 4 is 28.9 Å². The van der Waals surface area contributed by atoms with Gasteiger partial charge in [0.25, 0.3) is 5.69 Å². The maximum Gasteiger partial charge on any atom is 0.271 e. The van der Waals surface area contributed by atoms with Gasteiger partial charge in [0.15, 0.2) is 0 Å². The molecule has 0 saturated carbocycles. The van der Waals surface area contributed by atoms with Crippen LogP contribution in [0.5, 0.6) is 5.75 Å². The van der Waals surface area contributed by atoms with Crippen molar-refractivity contribution in [2.75, 3.05) is 12.4 Å². The molecule has 0 saturated heterocycles. The molecule has 1 aromatic rings. The number of nitrogens with one attached hydrogen (secondary N) is 1. The van der Waals surface area contributed by atoms with Crippen molar-refractivity contribution in [2.24, 2.45) is 0 Å². The number of alkyl halides is 1. The van der Waals surface area contributed by atoms with E-state index in [1.165, 1.54) is 32.2 Å². The van der Waals surface area contributed by atoms with E-state index in [9.17, 15) is 14.9 Å². The first-order valence-corrected chi connectivity index (χ1v) is 5.16. The molecule has 1 aromatic carbocycles. The molecule has 0 bridgehead atoms. The molecule has 0 unspecified atom stereocenters. The van der Waals surface area contributed by atoms with Crippen LogP contribution in [0.2, 0.25) is 0 Å². The van der Waals surface area contributed by atoms with E-state index in [1.54, 1.807) is 0 Å². The van der Waals surface area contributed by atoms with E-state index in [1.807, 2.05) is 0 Å². The molecule has 1 amide bonds. The highest BCUT2D eigenvalue weighted by molar-refractivity contribution is 6.32. The molecule has 0 aliphatic heterocycles. The lowest BCUT2D eigenvalue weighted by Crippen LogP contribution is -2.20. The van der Waals surface area contributed by atoms with Crippen molar-refractivity contribution in [1.29, 1.82) is 0 Å². The Kier molecular flexibility index (Phi) is 4.28. The molecule has 0 fully saturated rings. The first-order valence-electron chi connectivity index (χ1n) is 4.73. The SMILES string of the molecule is COc1ccc([N+](=O)[O-])cc1NC(=O)[C@H](C)Cl. The molecule has 0 aromatic heterocycles. The number of ether oxygens (including phenoxy) is 1. The lowest BCUT2D eigenvalue weighted by atomic mass is 10.2. The molecule has 1 N–H and O–H groups in total. The highest BCUT2D eigenvalue weighted by Gasteiger charge is 2.15. The Hall–Kier alpha value is -1.82. The summed E-state index contributed by atoms with van der Waals surface area (Å²) in [6.45, 7) is 1.50. The Morgan fingerprint density at radius 1 is 1.59 bits per heavy atom. The van der Waals surface area contributed by atoms with Gasteiger partial charge >= 0.3 is 0 Å². The van der Waals surface area contributed by atoms with Crippen LogP contribution in [-0.2, 0) is 4.79 Å². The number of hydrogen-bond donors (Lipinski definition) is 1. The van der Waals surface area contributed by atoms with E-state index in [-0.39, 0.29) is 11.4 Å². The van der Waals surface area contributed by atoms with Gasteiger partial charge in [-0.05, 0) is 13.0 Å². The average molecular weight is 259 g/mol. The zero-order valence-corrected chi connectivity index (χ0v) is 10.0. The van der Waals surface area contributed by atoms with Crippen molar-refractivity contribution in [3.8, 4) is 5.75 Å². The summed E-state index contributed by atoms with van der Waals surface area (Å²) in [5.74, 6) is -0.119. The van der Waals surface area contributed by atoms with E-state index in [4.69, 9.17) is 16.3 Å². The van der Waals surface area contributed by atoms with Gasteiger partial charge in [0, 0.05) is 12.1 Å². The Labute approximate surface area is 103 Å². The van der Waals surface area contributed by atoms with Gasteiger partial charge in [-0.25, -0.2) is 0 Å². The molecule has 1 atom stereocenters. The second-order valence-corrected chi connectivity index (χ2v) is 3.90.